The van der Waals surface area contributed by atoms with Gasteiger partial charge in [-0.05, 0) is 38.1 Å². The maximum Gasteiger partial charge on any atom is 0.222 e. The van der Waals surface area contributed by atoms with Gasteiger partial charge in [0.15, 0.2) is 0 Å². The molecule has 20 heavy (non-hydrogen) atoms. The number of carbonyl (C=O) groups excluding carboxylic acids is 1. The second kappa shape index (κ2) is 6.02. The molecule has 1 saturated carbocycles. The van der Waals surface area contributed by atoms with Crippen LogP contribution in [0.15, 0.2) is 0 Å². The van der Waals surface area contributed by atoms with Crippen molar-refractivity contribution < 1.29 is 9.90 Å². The van der Waals surface area contributed by atoms with Gasteiger partial charge in [0.2, 0.25) is 5.91 Å². The van der Waals surface area contributed by atoms with Crippen LogP contribution in [0.4, 0.5) is 0 Å². The highest BCUT2D eigenvalue weighted by Crippen LogP contribution is 2.44. The zero-order valence-electron chi connectivity index (χ0n) is 12.5. The van der Waals surface area contributed by atoms with Gasteiger partial charge in [0, 0.05) is 44.6 Å². The number of hydrogen-bond donors (Lipinski definition) is 1. The third-order valence-electron chi connectivity index (χ3n) is 5.35. The Kier molecular flexibility index (Phi) is 4.32. The standard InChI is InChI=1S/C16H28N2O2/c19-13-16(11-14-4-5-14)6-2-7-17(12-16)9-10-18-8-1-3-15(18)20/h14,19H,1-13H2/t16-/m1/s1. The van der Waals surface area contributed by atoms with Crippen molar-refractivity contribution in [1.29, 1.82) is 0 Å². The van der Waals surface area contributed by atoms with Crippen molar-refractivity contribution in [3.63, 3.8) is 0 Å². The maximum absolute atomic E-state index is 11.7. The fourth-order valence-corrected chi connectivity index (χ4v) is 4.00. The van der Waals surface area contributed by atoms with Crippen molar-refractivity contribution in [2.45, 2.75) is 44.9 Å². The Labute approximate surface area is 122 Å². The molecule has 114 valence electrons. The maximum atomic E-state index is 11.7. The van der Waals surface area contributed by atoms with Crippen LogP contribution >= 0.6 is 0 Å². The molecule has 1 N–H and O–H groups in total. The summed E-state index contributed by atoms with van der Waals surface area (Å²) in [6.45, 7) is 5.31. The lowest BCUT2D eigenvalue weighted by molar-refractivity contribution is -0.128. The van der Waals surface area contributed by atoms with Gasteiger partial charge in [-0.1, -0.05) is 12.8 Å². The lowest BCUT2D eigenvalue weighted by Crippen LogP contribution is -2.48. The van der Waals surface area contributed by atoms with Gasteiger partial charge < -0.3 is 14.9 Å². The van der Waals surface area contributed by atoms with E-state index in [1.807, 2.05) is 4.90 Å². The van der Waals surface area contributed by atoms with Crippen molar-refractivity contribution in [3.8, 4) is 0 Å². The Morgan fingerprint density at radius 1 is 1.20 bits per heavy atom. The summed E-state index contributed by atoms with van der Waals surface area (Å²) in [7, 11) is 0. The monoisotopic (exact) mass is 280 g/mol. The zero-order chi connectivity index (χ0) is 14.0. The van der Waals surface area contributed by atoms with E-state index in [0.29, 0.717) is 12.5 Å². The van der Waals surface area contributed by atoms with Gasteiger partial charge in [0.1, 0.15) is 0 Å². The molecule has 0 aromatic heterocycles. The molecular weight excluding hydrogens is 252 g/mol. The zero-order valence-corrected chi connectivity index (χ0v) is 12.5. The molecule has 1 aliphatic carbocycles. The van der Waals surface area contributed by atoms with Crippen LogP contribution in [0.2, 0.25) is 0 Å². The molecule has 3 aliphatic rings. The lowest BCUT2D eigenvalue weighted by atomic mass is 9.76. The summed E-state index contributed by atoms with van der Waals surface area (Å²) in [4.78, 5) is 16.1. The number of nitrogens with zero attached hydrogens (tertiary/aromatic N) is 2. The Bertz CT molecular complexity index is 356. The predicted molar refractivity (Wildman–Crippen MR) is 78.3 cm³/mol. The summed E-state index contributed by atoms with van der Waals surface area (Å²) in [6, 6.07) is 0. The number of piperidine rings is 1. The van der Waals surface area contributed by atoms with E-state index in [1.165, 1.54) is 32.1 Å². The number of carbonyl (C=O) groups is 1. The average Bonchev–Trinajstić information content (AvgIpc) is 3.17. The molecule has 3 rings (SSSR count). The third kappa shape index (κ3) is 3.34. The van der Waals surface area contributed by atoms with Crippen molar-refractivity contribution in [2.75, 3.05) is 39.3 Å². The van der Waals surface area contributed by atoms with Gasteiger partial charge in [-0.3, -0.25) is 4.79 Å². The van der Waals surface area contributed by atoms with E-state index in [0.717, 1.165) is 51.5 Å². The van der Waals surface area contributed by atoms with Crippen LogP contribution < -0.4 is 0 Å². The largest absolute Gasteiger partial charge is 0.396 e. The second-order valence-electron chi connectivity index (χ2n) is 7.17. The van der Waals surface area contributed by atoms with E-state index in [1.54, 1.807) is 0 Å². The fraction of sp³-hybridized carbons (Fsp3) is 0.938. The van der Waals surface area contributed by atoms with E-state index >= 15 is 0 Å². The van der Waals surface area contributed by atoms with Gasteiger partial charge in [-0.25, -0.2) is 0 Å². The van der Waals surface area contributed by atoms with Gasteiger partial charge in [-0.15, -0.1) is 0 Å². The fourth-order valence-electron chi connectivity index (χ4n) is 4.00. The molecule has 0 aromatic carbocycles. The molecule has 0 spiro atoms. The van der Waals surface area contributed by atoms with E-state index in [9.17, 15) is 9.90 Å². The molecular formula is C16H28N2O2. The van der Waals surface area contributed by atoms with Gasteiger partial charge in [0.05, 0.1) is 0 Å². The number of aliphatic hydroxyl groups excluding tert-OH is 1. The molecule has 0 unspecified atom stereocenters. The quantitative estimate of drug-likeness (QED) is 0.801. The third-order valence-corrected chi connectivity index (χ3v) is 5.35. The summed E-state index contributed by atoms with van der Waals surface area (Å²) < 4.78 is 0. The number of likely N-dealkylation sites (tertiary alicyclic amines) is 2. The molecule has 4 nitrogen and oxygen atoms in total. The Hall–Kier alpha value is -0.610. The minimum absolute atomic E-state index is 0.147. The SMILES string of the molecule is O=C1CCCN1CCN1CCC[C@@](CO)(CC2CC2)C1. The van der Waals surface area contributed by atoms with E-state index < -0.39 is 0 Å². The first kappa shape index (κ1) is 14.3. The van der Waals surface area contributed by atoms with E-state index in [2.05, 4.69) is 4.90 Å². The van der Waals surface area contributed by atoms with Crippen LogP contribution in [-0.2, 0) is 4.79 Å². The summed E-state index contributed by atoms with van der Waals surface area (Å²) in [5.41, 5.74) is 0.147. The molecule has 0 aromatic rings. The Morgan fingerprint density at radius 2 is 2.05 bits per heavy atom. The Morgan fingerprint density at radius 3 is 2.70 bits per heavy atom. The Balaban J connectivity index is 1.50. The summed E-state index contributed by atoms with van der Waals surface area (Å²) >= 11 is 0. The summed E-state index contributed by atoms with van der Waals surface area (Å²) in [6.07, 6.45) is 8.08. The molecule has 1 amide bonds. The van der Waals surface area contributed by atoms with Crippen LogP contribution in [0.5, 0.6) is 0 Å². The molecule has 3 fully saturated rings. The molecule has 1 atom stereocenters. The van der Waals surface area contributed by atoms with Crippen LogP contribution in [0.3, 0.4) is 0 Å². The average molecular weight is 280 g/mol. The first-order chi connectivity index (χ1) is 9.71. The smallest absolute Gasteiger partial charge is 0.222 e. The molecule has 0 bridgehead atoms. The summed E-state index contributed by atoms with van der Waals surface area (Å²) in [5.74, 6) is 1.20. The molecule has 0 radical (unpaired) electrons. The van der Waals surface area contributed by atoms with Crippen molar-refractivity contribution in [3.05, 3.63) is 0 Å². The highest BCUT2D eigenvalue weighted by atomic mass is 16.3. The summed E-state index contributed by atoms with van der Waals surface area (Å²) in [5, 5.41) is 9.87. The topological polar surface area (TPSA) is 43.8 Å². The van der Waals surface area contributed by atoms with Crippen LogP contribution in [-0.4, -0.2) is 60.1 Å². The molecule has 4 heteroatoms. The molecule has 2 heterocycles. The van der Waals surface area contributed by atoms with Gasteiger partial charge in [0.25, 0.3) is 0 Å². The van der Waals surface area contributed by atoms with Crippen molar-refractivity contribution >= 4 is 5.91 Å². The van der Waals surface area contributed by atoms with Gasteiger partial charge in [-0.2, -0.15) is 0 Å². The highest BCUT2D eigenvalue weighted by Gasteiger charge is 2.39. The number of rotatable bonds is 6. The van der Waals surface area contributed by atoms with Crippen LogP contribution in [0.25, 0.3) is 0 Å². The van der Waals surface area contributed by atoms with Crippen molar-refractivity contribution in [2.24, 2.45) is 11.3 Å². The first-order valence-corrected chi connectivity index (χ1v) is 8.32. The highest BCUT2D eigenvalue weighted by molar-refractivity contribution is 5.78. The van der Waals surface area contributed by atoms with Crippen molar-refractivity contribution in [1.82, 2.24) is 9.80 Å². The number of amides is 1. The van der Waals surface area contributed by atoms with Crippen LogP contribution in [0.1, 0.15) is 44.9 Å². The lowest BCUT2D eigenvalue weighted by Gasteiger charge is -2.42. The number of hydrogen-bond acceptors (Lipinski definition) is 3. The normalized spacial score (nSPS) is 32.0. The van der Waals surface area contributed by atoms with Crippen LogP contribution in [0, 0.1) is 11.3 Å². The van der Waals surface area contributed by atoms with Gasteiger partial charge >= 0.3 is 0 Å². The minimum atomic E-state index is 0.147. The second-order valence-corrected chi connectivity index (χ2v) is 7.17. The first-order valence-electron chi connectivity index (χ1n) is 8.32. The predicted octanol–water partition coefficient (Wildman–Crippen LogP) is 1.48. The molecule has 2 aliphatic heterocycles. The molecule has 2 saturated heterocycles. The number of aliphatic hydroxyl groups is 1. The van der Waals surface area contributed by atoms with E-state index in [-0.39, 0.29) is 5.41 Å². The minimum Gasteiger partial charge on any atom is -0.396 e. The van der Waals surface area contributed by atoms with E-state index in [4.69, 9.17) is 0 Å².